The summed E-state index contributed by atoms with van der Waals surface area (Å²) in [5.41, 5.74) is 4.95. The second-order valence-corrected chi connectivity index (χ2v) is 8.91. The number of H-pyrrole nitrogens is 1. The molecule has 6 N–H and O–H groups in total. The van der Waals surface area contributed by atoms with Gasteiger partial charge in [-0.25, -0.2) is 17.9 Å². The average Bonchev–Trinajstić information content (AvgIpc) is 3.11. The van der Waals surface area contributed by atoms with Crippen molar-refractivity contribution < 1.29 is 41.8 Å². The number of aromatic nitrogens is 2. The Morgan fingerprint density at radius 3 is 2.69 bits per heavy atom. The Bertz CT molecular complexity index is 857. The maximum Gasteiger partial charge on any atom is 0.336 e. The number of aromatic amines is 1. The second kappa shape index (κ2) is 10.7. The Balaban J connectivity index is 2.08. The quantitative estimate of drug-likeness (QED) is 0.221. The van der Waals surface area contributed by atoms with Crippen LogP contribution in [0.1, 0.15) is 31.7 Å². The topological polar surface area (TPSA) is 216 Å². The van der Waals surface area contributed by atoms with Gasteiger partial charge in [0.15, 0.2) is 6.23 Å². The van der Waals surface area contributed by atoms with Gasteiger partial charge in [0.05, 0.1) is 12.3 Å². The fraction of sp³-hybridized carbons (Fsp3) is 0.667. The van der Waals surface area contributed by atoms with Crippen molar-refractivity contribution in [2.24, 2.45) is 0 Å². The van der Waals surface area contributed by atoms with E-state index in [1.807, 2.05) is 6.92 Å². The van der Waals surface area contributed by atoms with Crippen molar-refractivity contribution in [2.75, 3.05) is 12.3 Å². The van der Waals surface area contributed by atoms with Crippen molar-refractivity contribution in [1.82, 2.24) is 9.78 Å². The molecule has 1 saturated heterocycles. The van der Waals surface area contributed by atoms with Gasteiger partial charge in [-0.3, -0.25) is 19.0 Å². The number of nitrogens with two attached hydrogens (primary N) is 1. The first-order valence-electron chi connectivity index (χ1n) is 8.28. The van der Waals surface area contributed by atoms with Crippen molar-refractivity contribution >= 4 is 36.6 Å². The third kappa shape index (κ3) is 5.69. The largest absolute Gasteiger partial charge is 0.392 e. The van der Waals surface area contributed by atoms with Gasteiger partial charge in [0.25, 0.3) is 5.56 Å². The first-order valence-corrected chi connectivity index (χ1v) is 11.5. The Morgan fingerprint density at radius 1 is 1.38 bits per heavy atom. The summed E-state index contributed by atoms with van der Waals surface area (Å²) in [7, 11) is -7.54. The van der Waals surface area contributed by atoms with E-state index in [0.29, 0.717) is 12.8 Å². The molecule has 0 radical (unpaired) electrons. The lowest BCUT2D eigenvalue weighted by atomic mass is 10.1. The van der Waals surface area contributed by atoms with E-state index in [9.17, 15) is 28.7 Å². The van der Waals surface area contributed by atoms with Gasteiger partial charge in [0, 0.05) is 0 Å². The van der Waals surface area contributed by atoms with Gasteiger partial charge in [-0.15, -0.1) is 0 Å². The monoisotopic (exact) mass is 474 g/mol. The van der Waals surface area contributed by atoms with Gasteiger partial charge in [0.1, 0.15) is 29.7 Å². The van der Waals surface area contributed by atoms with E-state index in [2.05, 4.69) is 13.7 Å². The minimum Gasteiger partial charge on any atom is -0.392 e. The average molecular weight is 474 g/mol. The van der Waals surface area contributed by atoms with Crippen molar-refractivity contribution in [2.45, 2.75) is 44.3 Å². The first kappa shape index (κ1) is 24.1. The van der Waals surface area contributed by atoms with E-state index in [4.69, 9.17) is 20.4 Å². The normalized spacial score (nSPS) is 26.6. The summed E-state index contributed by atoms with van der Waals surface area (Å²) in [4.78, 5) is 12.4. The lowest BCUT2D eigenvalue weighted by Crippen LogP contribution is -2.35. The number of nitrogens with zero attached hydrogens (tertiary/aromatic N) is 1. The van der Waals surface area contributed by atoms with Crippen LogP contribution in [0.5, 0.6) is 0 Å². The molecule has 1 aliphatic heterocycles. The van der Waals surface area contributed by atoms with Gasteiger partial charge in [-0.2, -0.15) is 0 Å². The van der Waals surface area contributed by atoms with Crippen LogP contribution in [0.15, 0.2) is 4.79 Å². The van der Waals surface area contributed by atoms with E-state index in [1.54, 1.807) is 0 Å². The van der Waals surface area contributed by atoms with Gasteiger partial charge in [0.2, 0.25) is 0 Å². The molecule has 2 rings (SSSR count). The highest BCUT2D eigenvalue weighted by Gasteiger charge is 2.45. The number of anilines is 1. The lowest BCUT2D eigenvalue weighted by Gasteiger charge is -2.15. The third-order valence-corrected chi connectivity index (χ3v) is 6.62. The molecule has 0 aromatic carbocycles. The fourth-order valence-electron chi connectivity index (χ4n) is 2.63. The number of nitrogen functional groups attached to an aromatic ring is 1. The Kier molecular flexibility index (Phi) is 8.90. The van der Waals surface area contributed by atoms with Crippen LogP contribution in [0.2, 0.25) is 0 Å². The maximum absolute atomic E-state index is 12.4. The molecule has 17 heteroatoms. The van der Waals surface area contributed by atoms with Gasteiger partial charge in [-0.05, 0) is 6.42 Å². The highest BCUT2D eigenvalue weighted by molar-refractivity contribution is 7.50. The summed E-state index contributed by atoms with van der Waals surface area (Å²) in [6.07, 6.45) is -4.68. The number of aliphatic hydroxyl groups excluding tert-OH is 2. The highest BCUT2D eigenvalue weighted by atomic mass is 31.2. The minimum absolute atomic E-state index is 0.0862. The van der Waals surface area contributed by atoms with Crippen LogP contribution in [-0.4, -0.2) is 50.6 Å². The Hall–Kier alpha value is -1.20. The summed E-state index contributed by atoms with van der Waals surface area (Å²) < 4.78 is 52.2. The maximum atomic E-state index is 12.4. The summed E-state index contributed by atoms with van der Waals surface area (Å²) in [6, 6.07) is 0. The van der Waals surface area contributed by atoms with E-state index >= 15 is 0 Å². The van der Waals surface area contributed by atoms with Crippen molar-refractivity contribution in [3.05, 3.63) is 16.0 Å². The molecule has 1 aromatic rings. The number of hydrogen-bond donors (Lipinski definition) is 5. The number of hydrogen-bond acceptors (Lipinski definition) is 12. The lowest BCUT2D eigenvalue weighted by molar-refractivity contribution is -0.0569. The predicted molar refractivity (Wildman–Crippen MR) is 101 cm³/mol. The zero-order chi connectivity index (χ0) is 21.7. The third-order valence-electron chi connectivity index (χ3n) is 3.99. The summed E-state index contributed by atoms with van der Waals surface area (Å²) >= 11 is 0. The molecule has 1 fully saturated rings. The Morgan fingerprint density at radius 2 is 2.07 bits per heavy atom. The van der Waals surface area contributed by atoms with Crippen LogP contribution >= 0.6 is 25.2 Å². The van der Waals surface area contributed by atoms with E-state index < -0.39 is 61.9 Å². The molecule has 0 aliphatic carbocycles. The molecule has 0 spiro atoms. The van der Waals surface area contributed by atoms with Crippen LogP contribution < -0.4 is 11.3 Å². The van der Waals surface area contributed by atoms with Crippen LogP contribution in [0, 0.1) is 5.41 Å². The molecular weight excluding hydrogens is 453 g/mol. The molecule has 0 saturated carbocycles. The predicted octanol–water partition coefficient (Wildman–Crippen LogP) is 0.582. The van der Waals surface area contributed by atoms with Crippen LogP contribution in [0.4, 0.5) is 5.69 Å². The van der Waals surface area contributed by atoms with Crippen molar-refractivity contribution in [1.29, 1.82) is 5.41 Å². The smallest absolute Gasteiger partial charge is 0.336 e. The SMILES string of the molecule is CCCC(=N)c1[nH]n(C2OC(CO[PH](=O)O[PH](=O)OP=O)C(O)C2O)c(=O)c1N. The van der Waals surface area contributed by atoms with Gasteiger partial charge >= 0.3 is 25.2 Å². The highest BCUT2D eigenvalue weighted by Crippen LogP contribution is 2.42. The van der Waals surface area contributed by atoms with Crippen LogP contribution in [0.25, 0.3) is 0 Å². The van der Waals surface area contributed by atoms with E-state index in [1.165, 1.54) is 0 Å². The zero-order valence-electron chi connectivity index (χ0n) is 15.1. The Labute approximate surface area is 167 Å². The summed E-state index contributed by atoms with van der Waals surface area (Å²) in [6.45, 7) is 1.31. The van der Waals surface area contributed by atoms with Crippen LogP contribution in [0.3, 0.4) is 0 Å². The van der Waals surface area contributed by atoms with E-state index in [0.717, 1.165) is 4.68 Å². The molecule has 0 bridgehead atoms. The van der Waals surface area contributed by atoms with Gasteiger partial charge < -0.3 is 30.6 Å². The second-order valence-electron chi connectivity index (χ2n) is 5.93. The van der Waals surface area contributed by atoms with Crippen molar-refractivity contribution in [3.8, 4) is 0 Å². The molecule has 164 valence electrons. The fourth-order valence-corrected chi connectivity index (χ4v) is 4.44. The van der Waals surface area contributed by atoms with Crippen molar-refractivity contribution in [3.63, 3.8) is 0 Å². The number of nitrogens with one attached hydrogen (secondary N) is 2. The van der Waals surface area contributed by atoms with Crippen LogP contribution in [-0.2, 0) is 31.6 Å². The molecule has 1 aliphatic rings. The molecule has 6 atom stereocenters. The summed E-state index contributed by atoms with van der Waals surface area (Å²) in [5.74, 6) is 0. The first-order chi connectivity index (χ1) is 13.7. The molecule has 29 heavy (non-hydrogen) atoms. The number of rotatable bonds is 11. The molecule has 1 aromatic heterocycles. The number of ether oxygens (including phenoxy) is 1. The molecule has 0 amide bonds. The molecule has 2 heterocycles. The summed E-state index contributed by atoms with van der Waals surface area (Å²) in [5, 5.41) is 30.9. The van der Waals surface area contributed by atoms with E-state index in [-0.39, 0.29) is 17.1 Å². The zero-order valence-corrected chi connectivity index (χ0v) is 18.0. The standard InChI is InChI=1S/C12H21N4O10P3/c1-2-3-5(13)8-7(14)11(19)16(15-8)12-10(18)9(17)6(24-12)4-23-28(21)26-29(22)25-27-20/h6,9-10,12-13,15,17-18,28-29H,2-4,14H2,1H3. The van der Waals surface area contributed by atoms with Gasteiger partial charge in [-0.1, -0.05) is 13.3 Å². The molecular formula is C12H21N4O10P3. The molecule has 6 unspecified atom stereocenters. The number of aliphatic hydroxyl groups is 2. The molecule has 14 nitrogen and oxygen atoms in total. The minimum atomic E-state index is -3.33.